The molecule has 0 aliphatic heterocycles. The summed E-state index contributed by atoms with van der Waals surface area (Å²) >= 11 is 1.33. The van der Waals surface area contributed by atoms with Gasteiger partial charge in [0.15, 0.2) is 5.16 Å². The number of esters is 1. The zero-order valence-electron chi connectivity index (χ0n) is 17.4. The molecule has 4 aromatic rings. The quantitative estimate of drug-likeness (QED) is 0.301. The van der Waals surface area contributed by atoms with Crippen molar-refractivity contribution in [2.24, 2.45) is 0 Å². The minimum absolute atomic E-state index is 0.167. The molecular weight excluding hydrogens is 422 g/mol. The zero-order valence-corrected chi connectivity index (χ0v) is 18.2. The number of carbonyl (C=O) groups excluding carboxylic acids is 2. The van der Waals surface area contributed by atoms with Crippen molar-refractivity contribution in [1.29, 1.82) is 0 Å². The maximum absolute atomic E-state index is 12.4. The largest absolute Gasteiger partial charge is 0.465 e. The second-order valence-corrected chi connectivity index (χ2v) is 7.87. The van der Waals surface area contributed by atoms with Crippen LogP contribution < -0.4 is 5.32 Å². The van der Waals surface area contributed by atoms with E-state index in [1.54, 1.807) is 24.3 Å². The summed E-state index contributed by atoms with van der Waals surface area (Å²) in [6.45, 7) is 0. The number of anilines is 1. The summed E-state index contributed by atoms with van der Waals surface area (Å²) in [5.41, 5.74) is 4.83. The zero-order chi connectivity index (χ0) is 22.3. The average molecular weight is 444 g/mol. The maximum atomic E-state index is 12.4. The lowest BCUT2D eigenvalue weighted by Crippen LogP contribution is -2.14. The van der Waals surface area contributed by atoms with Gasteiger partial charge in [0.25, 0.3) is 0 Å². The van der Waals surface area contributed by atoms with Crippen LogP contribution >= 0.6 is 11.8 Å². The summed E-state index contributed by atoms with van der Waals surface area (Å²) in [6, 6.07) is 26.5. The first-order chi connectivity index (χ1) is 15.6. The molecule has 0 atom stereocenters. The third kappa shape index (κ3) is 5.07. The Morgan fingerprint density at radius 1 is 0.906 bits per heavy atom. The molecule has 32 heavy (non-hydrogen) atoms. The highest BCUT2D eigenvalue weighted by molar-refractivity contribution is 7.99. The van der Waals surface area contributed by atoms with Gasteiger partial charge < -0.3 is 15.0 Å². The predicted molar refractivity (Wildman–Crippen MR) is 127 cm³/mol. The molecule has 4 rings (SSSR count). The summed E-state index contributed by atoms with van der Waals surface area (Å²) in [6.07, 6.45) is 0. The monoisotopic (exact) mass is 443 g/mol. The summed E-state index contributed by atoms with van der Waals surface area (Å²) in [5, 5.41) is 3.49. The number of ether oxygens (including phenoxy) is 1. The number of amides is 1. The second kappa shape index (κ2) is 9.98. The number of imidazole rings is 1. The minimum Gasteiger partial charge on any atom is -0.465 e. The van der Waals surface area contributed by atoms with Crippen LogP contribution in [0.3, 0.4) is 0 Å². The maximum Gasteiger partial charge on any atom is 0.337 e. The lowest BCUT2D eigenvalue weighted by molar-refractivity contribution is -0.113. The van der Waals surface area contributed by atoms with E-state index >= 15 is 0 Å². The van der Waals surface area contributed by atoms with E-state index in [0.717, 1.165) is 22.5 Å². The van der Waals surface area contributed by atoms with Gasteiger partial charge in [-0.2, -0.15) is 0 Å². The molecule has 0 aliphatic rings. The van der Waals surface area contributed by atoms with Gasteiger partial charge in [-0.3, -0.25) is 4.79 Å². The Bertz CT molecular complexity index is 1150. The van der Waals surface area contributed by atoms with Gasteiger partial charge in [0, 0.05) is 16.8 Å². The van der Waals surface area contributed by atoms with Gasteiger partial charge in [-0.05, 0) is 24.3 Å². The van der Waals surface area contributed by atoms with Crippen molar-refractivity contribution >= 4 is 29.3 Å². The van der Waals surface area contributed by atoms with Crippen LogP contribution in [0.25, 0.3) is 22.5 Å². The predicted octanol–water partition coefficient (Wildman–Crippen LogP) is 5.26. The molecule has 1 heterocycles. The van der Waals surface area contributed by atoms with Gasteiger partial charge in [-0.15, -0.1) is 0 Å². The fraction of sp³-hybridized carbons (Fsp3) is 0.0800. The van der Waals surface area contributed by atoms with Gasteiger partial charge in [-0.25, -0.2) is 9.78 Å². The molecule has 0 spiro atoms. The van der Waals surface area contributed by atoms with E-state index in [-0.39, 0.29) is 11.7 Å². The van der Waals surface area contributed by atoms with Crippen LogP contribution in [0.5, 0.6) is 0 Å². The number of hydrogen-bond donors (Lipinski definition) is 2. The molecule has 0 saturated heterocycles. The van der Waals surface area contributed by atoms with E-state index in [1.807, 2.05) is 60.7 Å². The fourth-order valence-electron chi connectivity index (χ4n) is 3.18. The molecule has 0 aliphatic carbocycles. The normalized spacial score (nSPS) is 10.5. The highest BCUT2D eigenvalue weighted by Crippen LogP contribution is 2.32. The standard InChI is InChI=1S/C25H21N3O3S/c1-31-24(30)19-12-14-20(15-13-19)26-21(29)16-32-25-27-22(17-8-4-2-5-9-17)23(28-25)18-10-6-3-7-11-18/h2-15H,16H2,1H3,(H,26,29)(H,27,28). The highest BCUT2D eigenvalue weighted by Gasteiger charge is 2.15. The van der Waals surface area contributed by atoms with Crippen LogP contribution in [0, 0.1) is 0 Å². The fourth-order valence-corrected chi connectivity index (χ4v) is 3.85. The van der Waals surface area contributed by atoms with Crippen molar-refractivity contribution in [1.82, 2.24) is 9.97 Å². The third-order valence-electron chi connectivity index (χ3n) is 4.72. The van der Waals surface area contributed by atoms with E-state index in [0.29, 0.717) is 16.4 Å². The van der Waals surface area contributed by atoms with Crippen molar-refractivity contribution < 1.29 is 14.3 Å². The van der Waals surface area contributed by atoms with Gasteiger partial charge in [0.2, 0.25) is 5.91 Å². The van der Waals surface area contributed by atoms with E-state index < -0.39 is 5.97 Å². The Morgan fingerprint density at radius 2 is 1.53 bits per heavy atom. The van der Waals surface area contributed by atoms with Crippen LogP contribution in [0.4, 0.5) is 5.69 Å². The molecule has 1 aromatic heterocycles. The Morgan fingerprint density at radius 3 is 2.16 bits per heavy atom. The number of hydrogen-bond acceptors (Lipinski definition) is 5. The third-order valence-corrected chi connectivity index (χ3v) is 5.59. The van der Waals surface area contributed by atoms with Crippen LogP contribution in [0.15, 0.2) is 90.1 Å². The molecule has 2 N–H and O–H groups in total. The minimum atomic E-state index is -0.417. The number of nitrogens with one attached hydrogen (secondary N) is 2. The molecule has 0 saturated carbocycles. The molecule has 1 amide bonds. The number of carbonyl (C=O) groups is 2. The van der Waals surface area contributed by atoms with Crippen molar-refractivity contribution in [3.8, 4) is 22.5 Å². The van der Waals surface area contributed by atoms with E-state index in [9.17, 15) is 9.59 Å². The first-order valence-corrected chi connectivity index (χ1v) is 10.9. The lowest BCUT2D eigenvalue weighted by atomic mass is 10.1. The summed E-state index contributed by atoms with van der Waals surface area (Å²) < 4.78 is 4.68. The number of H-pyrrole nitrogens is 1. The Balaban J connectivity index is 1.47. The van der Waals surface area contributed by atoms with Crippen molar-refractivity contribution in [2.75, 3.05) is 18.2 Å². The highest BCUT2D eigenvalue weighted by atomic mass is 32.2. The molecular formula is C25H21N3O3S. The SMILES string of the molecule is COC(=O)c1ccc(NC(=O)CSc2nc(-c3ccccc3)c(-c3ccccc3)[nH]2)cc1. The molecule has 3 aromatic carbocycles. The smallest absolute Gasteiger partial charge is 0.337 e. The molecule has 6 nitrogen and oxygen atoms in total. The van der Waals surface area contributed by atoms with Gasteiger partial charge in [-0.1, -0.05) is 72.4 Å². The summed E-state index contributed by atoms with van der Waals surface area (Å²) in [4.78, 5) is 32.1. The number of aromatic amines is 1. The van der Waals surface area contributed by atoms with Gasteiger partial charge >= 0.3 is 5.97 Å². The first kappa shape index (κ1) is 21.4. The van der Waals surface area contributed by atoms with Crippen molar-refractivity contribution in [3.63, 3.8) is 0 Å². The topological polar surface area (TPSA) is 84.1 Å². The Hall–Kier alpha value is -3.84. The van der Waals surface area contributed by atoms with Gasteiger partial charge in [0.05, 0.1) is 29.8 Å². The molecule has 0 radical (unpaired) electrons. The lowest BCUT2D eigenvalue weighted by Gasteiger charge is -2.05. The van der Waals surface area contributed by atoms with E-state index in [1.165, 1.54) is 18.9 Å². The van der Waals surface area contributed by atoms with E-state index in [2.05, 4.69) is 15.0 Å². The van der Waals surface area contributed by atoms with Gasteiger partial charge in [0.1, 0.15) is 0 Å². The number of methoxy groups -OCH3 is 1. The Kier molecular flexibility index (Phi) is 6.67. The number of rotatable bonds is 7. The van der Waals surface area contributed by atoms with Crippen LogP contribution in [-0.4, -0.2) is 34.7 Å². The molecule has 0 unspecified atom stereocenters. The Labute approximate surface area is 190 Å². The first-order valence-electron chi connectivity index (χ1n) is 9.96. The average Bonchev–Trinajstić information content (AvgIpc) is 3.28. The van der Waals surface area contributed by atoms with Crippen LogP contribution in [0.1, 0.15) is 10.4 Å². The number of thioether (sulfide) groups is 1. The summed E-state index contributed by atoms with van der Waals surface area (Å²) in [7, 11) is 1.33. The number of aromatic nitrogens is 2. The second-order valence-electron chi connectivity index (χ2n) is 6.90. The number of nitrogens with zero attached hydrogens (tertiary/aromatic N) is 1. The number of benzene rings is 3. The molecule has 7 heteroatoms. The van der Waals surface area contributed by atoms with E-state index in [4.69, 9.17) is 4.98 Å². The van der Waals surface area contributed by atoms with Crippen LogP contribution in [0.2, 0.25) is 0 Å². The molecule has 160 valence electrons. The van der Waals surface area contributed by atoms with Crippen molar-refractivity contribution in [3.05, 3.63) is 90.5 Å². The van der Waals surface area contributed by atoms with Crippen LogP contribution in [-0.2, 0) is 9.53 Å². The molecule has 0 bridgehead atoms. The van der Waals surface area contributed by atoms with Crippen molar-refractivity contribution in [2.45, 2.75) is 5.16 Å². The summed E-state index contributed by atoms with van der Waals surface area (Å²) in [5.74, 6) is -0.395. The molecule has 0 fully saturated rings.